The van der Waals surface area contributed by atoms with Crippen LogP contribution in [0.3, 0.4) is 0 Å². The van der Waals surface area contributed by atoms with Gasteiger partial charge in [0.25, 0.3) is 0 Å². The Morgan fingerprint density at radius 2 is 1.94 bits per heavy atom. The monoisotopic (exact) mass is 222 g/mol. The molecule has 1 aliphatic heterocycles. The average molecular weight is 222 g/mol. The van der Waals surface area contributed by atoms with Gasteiger partial charge >= 0.3 is 0 Å². The minimum absolute atomic E-state index is 0.680. The smallest absolute Gasteiger partial charge is 0.0950 e. The zero-order valence-corrected chi connectivity index (χ0v) is 9.94. The van der Waals surface area contributed by atoms with Gasteiger partial charge in [-0.3, -0.25) is 4.90 Å². The molecule has 4 heteroatoms. The van der Waals surface area contributed by atoms with Gasteiger partial charge in [-0.2, -0.15) is 0 Å². The maximum Gasteiger partial charge on any atom is 0.0950 e. The Kier molecular flexibility index (Phi) is 4.36. The summed E-state index contributed by atoms with van der Waals surface area (Å²) in [6.45, 7) is 5.00. The number of nitrogens with zero attached hydrogens (tertiary/aromatic N) is 3. The van der Waals surface area contributed by atoms with E-state index in [4.69, 9.17) is 5.73 Å². The summed E-state index contributed by atoms with van der Waals surface area (Å²) in [5.74, 6) is 0. The van der Waals surface area contributed by atoms with Crippen LogP contribution in [0.15, 0.2) is 12.5 Å². The summed E-state index contributed by atoms with van der Waals surface area (Å²) >= 11 is 0. The summed E-state index contributed by atoms with van der Waals surface area (Å²) in [5, 5.41) is 0. The minimum Gasteiger partial charge on any atom is -0.336 e. The Morgan fingerprint density at radius 1 is 1.19 bits per heavy atom. The van der Waals surface area contributed by atoms with Crippen LogP contribution in [0.5, 0.6) is 0 Å². The molecule has 0 aliphatic carbocycles. The molecule has 0 atom stereocenters. The Hall–Kier alpha value is -0.870. The predicted octanol–water partition coefficient (Wildman–Crippen LogP) is 1.22. The molecule has 0 saturated carbocycles. The largest absolute Gasteiger partial charge is 0.336 e. The zero-order valence-electron chi connectivity index (χ0n) is 9.94. The highest BCUT2D eigenvalue weighted by Crippen LogP contribution is 2.12. The highest BCUT2D eigenvalue weighted by molar-refractivity contribution is 4.96. The lowest BCUT2D eigenvalue weighted by Gasteiger charge is -2.17. The summed E-state index contributed by atoms with van der Waals surface area (Å²) < 4.78 is 2.08. The van der Waals surface area contributed by atoms with Crippen molar-refractivity contribution in [1.82, 2.24) is 14.5 Å². The molecule has 1 saturated heterocycles. The van der Waals surface area contributed by atoms with Gasteiger partial charge in [-0.1, -0.05) is 12.8 Å². The van der Waals surface area contributed by atoms with E-state index in [1.54, 1.807) is 0 Å². The number of likely N-dealkylation sites (tertiary alicyclic amines) is 1. The van der Waals surface area contributed by atoms with E-state index in [0.717, 1.165) is 13.1 Å². The lowest BCUT2D eigenvalue weighted by atomic mass is 10.2. The van der Waals surface area contributed by atoms with Crippen LogP contribution in [0, 0.1) is 0 Å². The summed E-state index contributed by atoms with van der Waals surface area (Å²) in [6, 6.07) is 0. The first-order valence-corrected chi connectivity index (χ1v) is 6.31. The third-order valence-corrected chi connectivity index (χ3v) is 3.16. The SMILES string of the molecule is NCCn1cnc(CN2CCCCCC2)c1. The lowest BCUT2D eigenvalue weighted by molar-refractivity contribution is 0.274. The second-order valence-electron chi connectivity index (χ2n) is 4.58. The Bertz CT molecular complexity index is 300. The molecule has 0 aromatic carbocycles. The van der Waals surface area contributed by atoms with Crippen molar-refractivity contribution in [2.45, 2.75) is 38.8 Å². The Balaban J connectivity index is 1.86. The molecule has 2 heterocycles. The van der Waals surface area contributed by atoms with Crippen LogP contribution in [0.25, 0.3) is 0 Å². The quantitative estimate of drug-likeness (QED) is 0.833. The third kappa shape index (κ3) is 3.32. The van der Waals surface area contributed by atoms with Gasteiger partial charge in [0.2, 0.25) is 0 Å². The summed E-state index contributed by atoms with van der Waals surface area (Å²) in [7, 11) is 0. The van der Waals surface area contributed by atoms with Crippen LogP contribution in [0.2, 0.25) is 0 Å². The maximum atomic E-state index is 5.52. The second kappa shape index (κ2) is 6.01. The van der Waals surface area contributed by atoms with Crippen LogP contribution in [0.4, 0.5) is 0 Å². The number of hydrogen-bond acceptors (Lipinski definition) is 3. The van der Waals surface area contributed by atoms with Crippen molar-refractivity contribution >= 4 is 0 Å². The van der Waals surface area contributed by atoms with Crippen molar-refractivity contribution in [3.05, 3.63) is 18.2 Å². The first kappa shape index (κ1) is 11.6. The number of aromatic nitrogens is 2. The molecule has 1 aromatic heterocycles. The van der Waals surface area contributed by atoms with E-state index in [2.05, 4.69) is 20.6 Å². The molecule has 0 bridgehead atoms. The molecule has 1 aliphatic rings. The molecule has 1 aromatic rings. The van der Waals surface area contributed by atoms with Gasteiger partial charge in [0, 0.05) is 25.8 Å². The average Bonchev–Trinajstić information content (AvgIpc) is 2.56. The molecule has 16 heavy (non-hydrogen) atoms. The van der Waals surface area contributed by atoms with E-state index >= 15 is 0 Å². The van der Waals surface area contributed by atoms with Crippen molar-refractivity contribution < 1.29 is 0 Å². The zero-order chi connectivity index (χ0) is 11.2. The van der Waals surface area contributed by atoms with Gasteiger partial charge < -0.3 is 10.3 Å². The van der Waals surface area contributed by atoms with E-state index in [-0.39, 0.29) is 0 Å². The van der Waals surface area contributed by atoms with Crippen molar-refractivity contribution in [2.24, 2.45) is 5.73 Å². The number of imidazole rings is 1. The first-order valence-electron chi connectivity index (χ1n) is 6.31. The fourth-order valence-electron chi connectivity index (χ4n) is 2.28. The van der Waals surface area contributed by atoms with Crippen molar-refractivity contribution in [2.75, 3.05) is 19.6 Å². The van der Waals surface area contributed by atoms with E-state index in [1.165, 1.54) is 44.5 Å². The minimum atomic E-state index is 0.680. The van der Waals surface area contributed by atoms with Crippen LogP contribution in [-0.2, 0) is 13.1 Å². The van der Waals surface area contributed by atoms with Gasteiger partial charge in [0.05, 0.1) is 12.0 Å². The highest BCUT2D eigenvalue weighted by atomic mass is 15.1. The lowest BCUT2D eigenvalue weighted by Crippen LogP contribution is -2.24. The Morgan fingerprint density at radius 3 is 2.62 bits per heavy atom. The fourth-order valence-corrected chi connectivity index (χ4v) is 2.28. The van der Waals surface area contributed by atoms with Gasteiger partial charge in [0.15, 0.2) is 0 Å². The second-order valence-corrected chi connectivity index (χ2v) is 4.58. The first-order chi connectivity index (χ1) is 7.88. The molecule has 90 valence electrons. The fraction of sp³-hybridized carbons (Fsp3) is 0.750. The van der Waals surface area contributed by atoms with Gasteiger partial charge in [-0.05, 0) is 25.9 Å². The van der Waals surface area contributed by atoms with Crippen LogP contribution in [0.1, 0.15) is 31.4 Å². The summed E-state index contributed by atoms with van der Waals surface area (Å²) in [5.41, 5.74) is 6.69. The molecule has 4 nitrogen and oxygen atoms in total. The molecule has 2 N–H and O–H groups in total. The van der Waals surface area contributed by atoms with Crippen LogP contribution < -0.4 is 5.73 Å². The van der Waals surface area contributed by atoms with Crippen LogP contribution >= 0.6 is 0 Å². The topological polar surface area (TPSA) is 47.1 Å². The molecule has 0 spiro atoms. The Labute approximate surface area is 97.4 Å². The molecule has 2 rings (SSSR count). The number of hydrogen-bond donors (Lipinski definition) is 1. The number of nitrogens with two attached hydrogens (primary N) is 1. The summed E-state index contributed by atoms with van der Waals surface area (Å²) in [6.07, 6.45) is 9.46. The molecular formula is C12H22N4. The highest BCUT2D eigenvalue weighted by Gasteiger charge is 2.10. The van der Waals surface area contributed by atoms with Crippen molar-refractivity contribution in [1.29, 1.82) is 0 Å². The van der Waals surface area contributed by atoms with Crippen molar-refractivity contribution in [3.8, 4) is 0 Å². The van der Waals surface area contributed by atoms with Gasteiger partial charge in [-0.25, -0.2) is 4.98 Å². The predicted molar refractivity (Wildman–Crippen MR) is 65.0 cm³/mol. The molecule has 0 radical (unpaired) electrons. The number of rotatable bonds is 4. The van der Waals surface area contributed by atoms with E-state index < -0.39 is 0 Å². The molecule has 0 unspecified atom stereocenters. The third-order valence-electron chi connectivity index (χ3n) is 3.16. The van der Waals surface area contributed by atoms with E-state index in [0.29, 0.717) is 6.54 Å². The van der Waals surface area contributed by atoms with Gasteiger partial charge in [0.1, 0.15) is 0 Å². The normalized spacial score (nSPS) is 18.6. The molecular weight excluding hydrogens is 200 g/mol. The van der Waals surface area contributed by atoms with Crippen LogP contribution in [-0.4, -0.2) is 34.1 Å². The molecule has 1 fully saturated rings. The molecule has 0 amide bonds. The van der Waals surface area contributed by atoms with E-state index in [1.807, 2.05) is 6.33 Å². The van der Waals surface area contributed by atoms with E-state index in [9.17, 15) is 0 Å². The summed E-state index contributed by atoms with van der Waals surface area (Å²) in [4.78, 5) is 6.94. The van der Waals surface area contributed by atoms with Crippen molar-refractivity contribution in [3.63, 3.8) is 0 Å². The maximum absolute atomic E-state index is 5.52. The van der Waals surface area contributed by atoms with Gasteiger partial charge in [-0.15, -0.1) is 0 Å². The standard InChI is InChI=1S/C12H22N4/c13-5-8-16-10-12(14-11-16)9-15-6-3-1-2-4-7-15/h10-11H,1-9,13H2.